The van der Waals surface area contributed by atoms with E-state index in [0.717, 1.165) is 53.1 Å². The molecule has 0 saturated carbocycles. The molecule has 9 N–H and O–H groups in total. The molecule has 91 heavy (non-hydrogen) atoms. The highest BCUT2D eigenvalue weighted by Gasteiger charge is 2.35. The van der Waals surface area contributed by atoms with Gasteiger partial charge in [-0.25, -0.2) is 0 Å². The number of rotatable bonds is 15. The normalized spacial score (nSPS) is 10.8. The summed E-state index contributed by atoms with van der Waals surface area (Å²) in [6, 6.07) is 35.8. The Morgan fingerprint density at radius 3 is 1.23 bits per heavy atom. The van der Waals surface area contributed by atoms with Crippen LogP contribution in [-0.4, -0.2) is 69.0 Å². The van der Waals surface area contributed by atoms with Crippen molar-refractivity contribution < 1.29 is 83.5 Å². The van der Waals surface area contributed by atoms with E-state index in [1.54, 1.807) is 79.8 Å². The maximum absolute atomic E-state index is 12.9. The van der Waals surface area contributed by atoms with Crippen molar-refractivity contribution in [3.63, 3.8) is 0 Å². The van der Waals surface area contributed by atoms with Crippen LogP contribution in [0.4, 0.5) is 56.6 Å². The molecular formula is C62H54Cl4F9N7O9. The third-order valence-corrected chi connectivity index (χ3v) is 12.9. The summed E-state index contributed by atoms with van der Waals surface area (Å²) in [5, 5.41) is 35.6. The molecule has 0 radical (unpaired) electrons. The second-order valence-corrected chi connectivity index (χ2v) is 20.2. The molecule has 0 fully saturated rings. The lowest BCUT2D eigenvalue weighted by Gasteiger charge is -2.12. The minimum atomic E-state index is -4.61. The van der Waals surface area contributed by atoms with Crippen LogP contribution in [0.2, 0.25) is 20.1 Å². The van der Waals surface area contributed by atoms with Crippen LogP contribution >= 0.6 is 46.4 Å². The minimum Gasteiger partial charge on any atom is -0.508 e. The largest absolute Gasteiger partial charge is 0.508 e. The minimum absolute atomic E-state index is 0.0222. The summed E-state index contributed by atoms with van der Waals surface area (Å²) >= 11 is 22.0. The maximum Gasteiger partial charge on any atom is 0.417 e. The van der Waals surface area contributed by atoms with Crippen molar-refractivity contribution in [1.82, 2.24) is 20.6 Å². The van der Waals surface area contributed by atoms with Crippen molar-refractivity contribution in [2.24, 2.45) is 0 Å². The van der Waals surface area contributed by atoms with Crippen LogP contribution in [0.25, 0.3) is 0 Å². The van der Waals surface area contributed by atoms with Gasteiger partial charge in [0.05, 0.1) is 31.8 Å². The summed E-state index contributed by atoms with van der Waals surface area (Å²) in [5.74, 6) is -0.904. The smallest absolute Gasteiger partial charge is 0.417 e. The van der Waals surface area contributed by atoms with Crippen LogP contribution in [0.5, 0.6) is 23.0 Å². The first-order valence-electron chi connectivity index (χ1n) is 26.3. The summed E-state index contributed by atoms with van der Waals surface area (Å²) in [7, 11) is 3.05. The summed E-state index contributed by atoms with van der Waals surface area (Å²) in [5.41, 5.74) is 5.54. The molecule has 0 saturated heterocycles. The highest BCUT2D eigenvalue weighted by atomic mass is 35.5. The van der Waals surface area contributed by atoms with E-state index in [4.69, 9.17) is 72.2 Å². The lowest BCUT2D eigenvalue weighted by Crippen LogP contribution is -2.18. The third kappa shape index (κ3) is 26.7. The fraction of sp³-hybridized carbons (Fsp3) is 0.177. The summed E-state index contributed by atoms with van der Waals surface area (Å²) in [6.45, 7) is 0. The Kier molecular flexibility index (Phi) is 28.7. The quantitative estimate of drug-likeness (QED) is 0.0352. The van der Waals surface area contributed by atoms with E-state index in [0.29, 0.717) is 41.5 Å². The number of hydrogen-bond acceptors (Lipinski definition) is 11. The molecule has 8 rings (SSSR count). The predicted octanol–water partition coefficient (Wildman–Crippen LogP) is 15.6. The molecule has 482 valence electrons. The molecule has 0 bridgehead atoms. The Bertz CT molecular complexity index is 3740. The fourth-order valence-corrected chi connectivity index (χ4v) is 8.02. The van der Waals surface area contributed by atoms with Crippen LogP contribution in [0, 0.1) is 0 Å². The highest BCUT2D eigenvalue weighted by molar-refractivity contribution is 6.32. The molecule has 2 aromatic heterocycles. The Morgan fingerprint density at radius 2 is 0.846 bits per heavy atom. The van der Waals surface area contributed by atoms with Gasteiger partial charge in [0, 0.05) is 73.9 Å². The number of nitrogens with zero attached hydrogens (tertiary/aromatic N) is 2. The van der Waals surface area contributed by atoms with Gasteiger partial charge in [-0.1, -0.05) is 82.8 Å². The second-order valence-electron chi connectivity index (χ2n) is 18.6. The third-order valence-electron chi connectivity index (χ3n) is 11.7. The summed E-state index contributed by atoms with van der Waals surface area (Å²) < 4.78 is 119. The molecular weight excluding hydrogens is 1300 g/mol. The number of hydrogen-bond donors (Lipinski definition) is 8. The standard InChI is InChI=1S/C23H19ClF3N3O3.C16H13ClF3NO2.C9H10O3.C7H5ClF3N.C7H7ClN2O/c1-28-22(32)20-13-17(10-11-29-20)33-16-6-2-14(3-7-16)4-9-21(31)30-15-5-8-19(24)18(12-15)23(25,26)27;17-14-7-4-11(9-13(14)16(18,19)20)21-15(23)8-3-10-1-5-12(22)6-2-10;10-8-4-1-7(2-5-8)3-6-9(11)12;8-6-2-1-4(12)3-5(6)7(9,10)11;1-9-7(11)6-4-5(8)2-3-10-6/h2-3,5-8,10-13H,4,9H2,1H3,(H,28,32)(H,30,31);1-2,4-7,9,22H,3,8H2,(H,21,23);1-2,4-5,10H,3,6H2,(H,11,12);1-3H,12H2;2-4H,1H3,(H,9,11). The number of aliphatic carboxylic acids is 1. The number of aromatic nitrogens is 2. The molecule has 2 heterocycles. The SMILES string of the molecule is CNC(=O)c1cc(Cl)ccn1.CNC(=O)c1cc(Oc2ccc(CCC(=O)Nc3ccc(Cl)c(C(F)(F)F)c3)cc2)ccn1.Nc1ccc(Cl)c(C(F)(F)F)c1.O=C(CCc1ccc(O)cc1)Nc1ccc(Cl)c(C(F)(F)F)c1.O=C(O)CCc1ccc(O)cc1. The van der Waals surface area contributed by atoms with Gasteiger partial charge in [0.1, 0.15) is 34.4 Å². The van der Waals surface area contributed by atoms with E-state index in [9.17, 15) is 63.5 Å². The van der Waals surface area contributed by atoms with Crippen LogP contribution in [0.15, 0.2) is 164 Å². The van der Waals surface area contributed by atoms with E-state index in [-0.39, 0.29) is 70.4 Å². The Labute approximate surface area is 534 Å². The average Bonchev–Trinajstić information content (AvgIpc) is 1.66. The van der Waals surface area contributed by atoms with Gasteiger partial charge in [-0.3, -0.25) is 33.9 Å². The number of benzene rings is 6. The molecule has 16 nitrogen and oxygen atoms in total. The molecule has 0 aliphatic carbocycles. The van der Waals surface area contributed by atoms with E-state index in [1.165, 1.54) is 61.9 Å². The van der Waals surface area contributed by atoms with Gasteiger partial charge in [-0.05, 0) is 145 Å². The molecule has 8 aromatic rings. The van der Waals surface area contributed by atoms with Gasteiger partial charge in [-0.2, -0.15) is 39.5 Å². The van der Waals surface area contributed by atoms with Gasteiger partial charge < -0.3 is 47.1 Å². The molecule has 29 heteroatoms. The number of halogens is 13. The number of alkyl halides is 9. The van der Waals surface area contributed by atoms with Gasteiger partial charge >= 0.3 is 24.5 Å². The zero-order valence-electron chi connectivity index (χ0n) is 47.5. The van der Waals surface area contributed by atoms with Crippen molar-refractivity contribution in [2.45, 2.75) is 57.1 Å². The van der Waals surface area contributed by atoms with E-state index < -0.39 is 63.0 Å². The van der Waals surface area contributed by atoms with Crippen LogP contribution < -0.4 is 31.7 Å². The molecule has 6 aromatic carbocycles. The van der Waals surface area contributed by atoms with Gasteiger partial charge in [0.2, 0.25) is 11.8 Å². The number of carboxylic acid groups (broad SMARTS) is 1. The van der Waals surface area contributed by atoms with Crippen LogP contribution in [0.1, 0.15) is 73.6 Å². The van der Waals surface area contributed by atoms with E-state index in [1.807, 2.05) is 0 Å². The van der Waals surface area contributed by atoms with Crippen molar-refractivity contribution in [3.8, 4) is 23.0 Å². The highest BCUT2D eigenvalue weighted by Crippen LogP contribution is 2.38. The Hall–Kier alpha value is -9.30. The van der Waals surface area contributed by atoms with Crippen molar-refractivity contribution in [2.75, 3.05) is 30.5 Å². The summed E-state index contributed by atoms with van der Waals surface area (Å²) in [4.78, 5) is 64.6. The predicted molar refractivity (Wildman–Crippen MR) is 327 cm³/mol. The number of anilines is 3. The Balaban J connectivity index is 0.000000263. The number of nitrogen functional groups attached to an aromatic ring is 1. The molecule has 0 aliphatic heterocycles. The topological polar surface area (TPSA) is 255 Å². The fourth-order valence-electron chi connectivity index (χ4n) is 7.18. The van der Waals surface area contributed by atoms with E-state index in [2.05, 4.69) is 31.2 Å². The molecule has 0 unspecified atom stereocenters. The van der Waals surface area contributed by atoms with Crippen LogP contribution in [-0.2, 0) is 52.2 Å². The van der Waals surface area contributed by atoms with Crippen molar-refractivity contribution in [3.05, 3.63) is 229 Å². The van der Waals surface area contributed by atoms with Gasteiger partial charge in [0.15, 0.2) is 0 Å². The molecule has 0 atom stereocenters. The van der Waals surface area contributed by atoms with Crippen LogP contribution in [0.3, 0.4) is 0 Å². The number of phenols is 2. The number of nitrogens with one attached hydrogen (secondary N) is 4. The number of phenolic OH excluding ortho intramolecular Hbond substituents is 2. The number of carboxylic acids is 1. The molecule has 0 spiro atoms. The molecule has 4 amide bonds. The number of carbonyl (C=O) groups is 5. The van der Waals surface area contributed by atoms with Gasteiger partial charge in [0.25, 0.3) is 11.8 Å². The summed E-state index contributed by atoms with van der Waals surface area (Å²) in [6.07, 6.45) is -9.07. The zero-order chi connectivity index (χ0) is 67.6. The Morgan fingerprint density at radius 1 is 0.473 bits per heavy atom. The van der Waals surface area contributed by atoms with Crippen molar-refractivity contribution in [1.29, 1.82) is 0 Å². The van der Waals surface area contributed by atoms with Crippen molar-refractivity contribution >= 4 is 93.1 Å². The number of aromatic hydroxyl groups is 2. The first kappa shape index (κ1) is 74.2. The maximum atomic E-state index is 12.9. The number of ether oxygens (including phenoxy) is 1. The second kappa shape index (κ2) is 35.2. The number of aryl methyl sites for hydroxylation is 3. The molecule has 0 aliphatic rings. The average molecular weight is 1350 g/mol. The number of pyridine rings is 2. The lowest BCUT2D eigenvalue weighted by atomic mass is 10.1. The first-order chi connectivity index (χ1) is 42.7. The van der Waals surface area contributed by atoms with E-state index >= 15 is 0 Å². The zero-order valence-corrected chi connectivity index (χ0v) is 50.5. The number of carbonyl (C=O) groups excluding carboxylic acids is 4. The number of nitrogens with two attached hydrogens (primary N) is 1. The van der Waals surface area contributed by atoms with Gasteiger partial charge in [-0.15, -0.1) is 0 Å². The lowest BCUT2D eigenvalue weighted by molar-refractivity contribution is -0.138. The monoisotopic (exact) mass is 1350 g/mol. The first-order valence-corrected chi connectivity index (χ1v) is 27.8. The number of amides is 4.